The molecule has 0 aliphatic carbocycles. The van der Waals surface area contributed by atoms with E-state index in [0.717, 1.165) is 0 Å². The van der Waals surface area contributed by atoms with E-state index >= 15 is 0 Å². The Balaban J connectivity index is 3.09. The summed E-state index contributed by atoms with van der Waals surface area (Å²) in [6, 6.07) is 3.07. The number of carbonyl (C=O) groups is 1. The molecule has 16 heavy (non-hydrogen) atoms. The highest BCUT2D eigenvalue weighted by molar-refractivity contribution is 5.91. The molecule has 6 heteroatoms. The SMILES string of the molecule is CCN(CCO)c1nc(C(N)=O)ccc1N. The topological polar surface area (TPSA) is 105 Å². The van der Waals surface area contributed by atoms with Crippen LogP contribution in [0.2, 0.25) is 0 Å². The molecule has 1 rings (SSSR count). The number of nitrogens with zero attached hydrogens (tertiary/aromatic N) is 2. The van der Waals surface area contributed by atoms with Crippen molar-refractivity contribution in [1.82, 2.24) is 4.98 Å². The van der Waals surface area contributed by atoms with Gasteiger partial charge < -0.3 is 21.5 Å². The molecule has 0 saturated heterocycles. The van der Waals surface area contributed by atoms with Gasteiger partial charge in [0.05, 0.1) is 12.3 Å². The Morgan fingerprint density at radius 2 is 2.25 bits per heavy atom. The monoisotopic (exact) mass is 224 g/mol. The Labute approximate surface area is 93.9 Å². The van der Waals surface area contributed by atoms with Gasteiger partial charge in [0, 0.05) is 13.1 Å². The van der Waals surface area contributed by atoms with Crippen molar-refractivity contribution in [1.29, 1.82) is 0 Å². The zero-order valence-electron chi connectivity index (χ0n) is 9.18. The van der Waals surface area contributed by atoms with Crippen LogP contribution >= 0.6 is 0 Å². The number of carbonyl (C=O) groups excluding carboxylic acids is 1. The van der Waals surface area contributed by atoms with Gasteiger partial charge in [0.1, 0.15) is 5.69 Å². The van der Waals surface area contributed by atoms with E-state index in [4.69, 9.17) is 16.6 Å². The van der Waals surface area contributed by atoms with Crippen LogP contribution in [0.25, 0.3) is 0 Å². The third-order valence-corrected chi connectivity index (χ3v) is 2.21. The van der Waals surface area contributed by atoms with E-state index < -0.39 is 5.91 Å². The van der Waals surface area contributed by atoms with Crippen LogP contribution in [0.3, 0.4) is 0 Å². The fourth-order valence-electron chi connectivity index (χ4n) is 1.38. The molecule has 0 aliphatic rings. The summed E-state index contributed by atoms with van der Waals surface area (Å²) in [7, 11) is 0. The van der Waals surface area contributed by atoms with Crippen molar-refractivity contribution in [3.05, 3.63) is 17.8 Å². The summed E-state index contributed by atoms with van der Waals surface area (Å²) < 4.78 is 0. The first-order valence-electron chi connectivity index (χ1n) is 5.02. The average Bonchev–Trinajstić information content (AvgIpc) is 2.26. The standard InChI is InChI=1S/C10H16N4O2/c1-2-14(5-6-15)10-7(11)3-4-8(13-10)9(12)16/h3-4,15H,2,5-6,11H2,1H3,(H2,12,16). The third-order valence-electron chi connectivity index (χ3n) is 2.21. The molecule has 88 valence electrons. The number of likely N-dealkylation sites (N-methyl/N-ethyl adjacent to an activating group) is 1. The first kappa shape index (κ1) is 12.3. The molecule has 6 nitrogen and oxygen atoms in total. The number of hydrogen-bond donors (Lipinski definition) is 3. The number of rotatable bonds is 5. The van der Waals surface area contributed by atoms with E-state index in [0.29, 0.717) is 24.6 Å². The molecule has 0 fully saturated rings. The Hall–Kier alpha value is -1.82. The maximum Gasteiger partial charge on any atom is 0.267 e. The van der Waals surface area contributed by atoms with Gasteiger partial charge in [-0.05, 0) is 19.1 Å². The summed E-state index contributed by atoms with van der Waals surface area (Å²) in [6.07, 6.45) is 0. The normalized spacial score (nSPS) is 10.1. The summed E-state index contributed by atoms with van der Waals surface area (Å²) >= 11 is 0. The van der Waals surface area contributed by atoms with Crippen molar-refractivity contribution in [2.24, 2.45) is 5.73 Å². The van der Waals surface area contributed by atoms with Gasteiger partial charge in [0.2, 0.25) is 0 Å². The third kappa shape index (κ3) is 2.60. The molecule has 0 atom stereocenters. The number of hydrogen-bond acceptors (Lipinski definition) is 5. The molecule has 1 heterocycles. The van der Waals surface area contributed by atoms with Crippen molar-refractivity contribution in [3.8, 4) is 0 Å². The van der Waals surface area contributed by atoms with Gasteiger partial charge in [-0.3, -0.25) is 4.79 Å². The highest BCUT2D eigenvalue weighted by Crippen LogP contribution is 2.20. The highest BCUT2D eigenvalue weighted by Gasteiger charge is 2.12. The van der Waals surface area contributed by atoms with Gasteiger partial charge in [-0.15, -0.1) is 0 Å². The lowest BCUT2D eigenvalue weighted by atomic mass is 10.3. The van der Waals surface area contributed by atoms with E-state index in [1.54, 1.807) is 11.0 Å². The number of pyridine rings is 1. The van der Waals surface area contributed by atoms with Crippen LogP contribution in [0.1, 0.15) is 17.4 Å². The summed E-state index contributed by atoms with van der Waals surface area (Å²) in [6.45, 7) is 2.96. The van der Waals surface area contributed by atoms with E-state index in [1.807, 2.05) is 6.92 Å². The van der Waals surface area contributed by atoms with E-state index in [2.05, 4.69) is 4.98 Å². The number of nitrogen functional groups attached to an aromatic ring is 1. The number of nitrogens with two attached hydrogens (primary N) is 2. The average molecular weight is 224 g/mol. The lowest BCUT2D eigenvalue weighted by molar-refractivity contribution is 0.0995. The molecule has 0 aliphatic heterocycles. The molecule has 0 radical (unpaired) electrons. The van der Waals surface area contributed by atoms with E-state index in [9.17, 15) is 4.79 Å². The number of aliphatic hydroxyl groups is 1. The first-order chi connectivity index (χ1) is 7.60. The highest BCUT2D eigenvalue weighted by atomic mass is 16.3. The Bertz CT molecular complexity index is 381. The molecule has 0 unspecified atom stereocenters. The van der Waals surface area contributed by atoms with Crippen molar-refractivity contribution in [2.75, 3.05) is 30.3 Å². The molecule has 1 amide bonds. The second-order valence-electron chi connectivity index (χ2n) is 3.28. The van der Waals surface area contributed by atoms with Gasteiger partial charge in [-0.2, -0.15) is 0 Å². The first-order valence-corrected chi connectivity index (χ1v) is 5.02. The van der Waals surface area contributed by atoms with Gasteiger partial charge in [0.15, 0.2) is 5.82 Å². The second-order valence-corrected chi connectivity index (χ2v) is 3.28. The fourth-order valence-corrected chi connectivity index (χ4v) is 1.38. The van der Waals surface area contributed by atoms with Crippen LogP contribution in [0, 0.1) is 0 Å². The van der Waals surface area contributed by atoms with Crippen LogP contribution in [-0.2, 0) is 0 Å². The number of primary amides is 1. The fraction of sp³-hybridized carbons (Fsp3) is 0.400. The summed E-state index contributed by atoms with van der Waals surface area (Å²) in [4.78, 5) is 16.8. The van der Waals surface area contributed by atoms with Crippen molar-refractivity contribution < 1.29 is 9.90 Å². The lowest BCUT2D eigenvalue weighted by Gasteiger charge is -2.22. The van der Waals surface area contributed by atoms with Crippen LogP contribution < -0.4 is 16.4 Å². The van der Waals surface area contributed by atoms with Gasteiger partial charge >= 0.3 is 0 Å². The molecule has 5 N–H and O–H groups in total. The Kier molecular flexibility index (Phi) is 4.07. The van der Waals surface area contributed by atoms with Gasteiger partial charge in [-0.25, -0.2) is 4.98 Å². The minimum atomic E-state index is -0.596. The molecule has 1 aromatic heterocycles. The van der Waals surface area contributed by atoms with E-state index in [-0.39, 0.29) is 12.3 Å². The summed E-state index contributed by atoms with van der Waals surface area (Å²) in [5.74, 6) is -0.117. The van der Waals surface area contributed by atoms with Crippen LogP contribution in [0.4, 0.5) is 11.5 Å². The summed E-state index contributed by atoms with van der Waals surface area (Å²) in [5, 5.41) is 8.90. The van der Waals surface area contributed by atoms with Crippen LogP contribution in [-0.4, -0.2) is 35.7 Å². The minimum Gasteiger partial charge on any atom is -0.396 e. The van der Waals surface area contributed by atoms with Gasteiger partial charge in [0.25, 0.3) is 5.91 Å². The predicted molar refractivity (Wildman–Crippen MR) is 62.1 cm³/mol. The predicted octanol–water partition coefficient (Wildman–Crippen LogP) is -0.419. The molecule has 1 aromatic rings. The number of aliphatic hydroxyl groups excluding tert-OH is 1. The molecular weight excluding hydrogens is 208 g/mol. The Morgan fingerprint density at radius 1 is 1.56 bits per heavy atom. The number of anilines is 2. The maximum atomic E-state index is 11.0. The smallest absolute Gasteiger partial charge is 0.267 e. The van der Waals surface area contributed by atoms with Crippen LogP contribution in [0.5, 0.6) is 0 Å². The lowest BCUT2D eigenvalue weighted by Crippen LogP contribution is -2.29. The second kappa shape index (κ2) is 5.32. The molecule has 0 bridgehead atoms. The van der Waals surface area contributed by atoms with Crippen molar-refractivity contribution >= 4 is 17.4 Å². The summed E-state index contributed by atoms with van der Waals surface area (Å²) in [5.41, 5.74) is 11.5. The van der Waals surface area contributed by atoms with Crippen molar-refractivity contribution in [3.63, 3.8) is 0 Å². The number of aromatic nitrogens is 1. The zero-order valence-corrected chi connectivity index (χ0v) is 9.18. The van der Waals surface area contributed by atoms with Gasteiger partial charge in [-0.1, -0.05) is 0 Å². The quantitative estimate of drug-likeness (QED) is 0.630. The van der Waals surface area contributed by atoms with E-state index in [1.165, 1.54) is 6.07 Å². The zero-order chi connectivity index (χ0) is 12.1. The largest absolute Gasteiger partial charge is 0.396 e. The maximum absolute atomic E-state index is 11.0. The van der Waals surface area contributed by atoms with Crippen LogP contribution in [0.15, 0.2) is 12.1 Å². The number of amides is 1. The molecular formula is C10H16N4O2. The molecule has 0 spiro atoms. The minimum absolute atomic E-state index is 0.00421. The molecule has 0 saturated carbocycles. The molecule has 0 aromatic carbocycles. The van der Waals surface area contributed by atoms with Crippen molar-refractivity contribution in [2.45, 2.75) is 6.92 Å². The Morgan fingerprint density at radius 3 is 2.75 bits per heavy atom.